The highest BCUT2D eigenvalue weighted by molar-refractivity contribution is 5.73. The maximum absolute atomic E-state index is 11.8. The van der Waals surface area contributed by atoms with Crippen molar-refractivity contribution in [3.8, 4) is 0 Å². The van der Waals surface area contributed by atoms with Gasteiger partial charge in [-0.1, -0.05) is 54.6 Å². The largest absolute Gasteiger partial charge is 0.380 e. The van der Waals surface area contributed by atoms with Crippen LogP contribution in [0.5, 0.6) is 0 Å². The van der Waals surface area contributed by atoms with E-state index in [4.69, 9.17) is 4.74 Å². The van der Waals surface area contributed by atoms with Crippen LogP contribution in [0.4, 0.5) is 4.79 Å². The van der Waals surface area contributed by atoms with Gasteiger partial charge in [-0.05, 0) is 29.5 Å². The molecule has 122 valence electrons. The first-order valence-electron chi connectivity index (χ1n) is 7.91. The number of benzene rings is 2. The summed E-state index contributed by atoms with van der Waals surface area (Å²) in [5, 5.41) is 5.78. The number of nitrogens with one attached hydrogen (secondary N) is 2. The van der Waals surface area contributed by atoms with E-state index in [0.29, 0.717) is 19.7 Å². The van der Waals surface area contributed by atoms with Gasteiger partial charge in [-0.2, -0.15) is 0 Å². The van der Waals surface area contributed by atoms with Crippen LogP contribution in [0.2, 0.25) is 0 Å². The Kier molecular flexibility index (Phi) is 7.14. The van der Waals surface area contributed by atoms with Gasteiger partial charge >= 0.3 is 6.03 Å². The SMILES string of the molecule is COCc1ccccc1CNC(=O)NCCCc1ccccc1. The van der Waals surface area contributed by atoms with E-state index in [9.17, 15) is 4.79 Å². The van der Waals surface area contributed by atoms with Gasteiger partial charge in [0.05, 0.1) is 6.61 Å². The molecular formula is C19H24N2O2. The molecule has 2 rings (SSSR count). The van der Waals surface area contributed by atoms with Crippen LogP contribution in [0.3, 0.4) is 0 Å². The zero-order valence-electron chi connectivity index (χ0n) is 13.5. The molecule has 0 heterocycles. The number of carbonyl (C=O) groups excluding carboxylic acids is 1. The van der Waals surface area contributed by atoms with E-state index >= 15 is 0 Å². The van der Waals surface area contributed by atoms with Crippen molar-refractivity contribution in [2.24, 2.45) is 0 Å². The molecule has 4 heteroatoms. The number of carbonyl (C=O) groups is 1. The van der Waals surface area contributed by atoms with Crippen LogP contribution in [-0.2, 0) is 24.3 Å². The maximum Gasteiger partial charge on any atom is 0.315 e. The summed E-state index contributed by atoms with van der Waals surface area (Å²) in [6.45, 7) is 1.72. The molecule has 0 unspecified atom stereocenters. The summed E-state index contributed by atoms with van der Waals surface area (Å²) in [6, 6.07) is 18.1. The molecule has 2 amide bonds. The minimum absolute atomic E-state index is 0.134. The van der Waals surface area contributed by atoms with Crippen LogP contribution in [0, 0.1) is 0 Å². The molecule has 2 aromatic carbocycles. The molecule has 2 aromatic rings. The molecule has 0 aliphatic rings. The van der Waals surface area contributed by atoms with E-state index < -0.39 is 0 Å². The van der Waals surface area contributed by atoms with Crippen LogP contribution in [0.15, 0.2) is 54.6 Å². The van der Waals surface area contributed by atoms with Gasteiger partial charge in [0.15, 0.2) is 0 Å². The van der Waals surface area contributed by atoms with Gasteiger partial charge in [-0.25, -0.2) is 4.79 Å². The summed E-state index contributed by atoms with van der Waals surface area (Å²) in [4.78, 5) is 11.8. The van der Waals surface area contributed by atoms with Crippen molar-refractivity contribution < 1.29 is 9.53 Å². The first-order valence-corrected chi connectivity index (χ1v) is 7.91. The fourth-order valence-electron chi connectivity index (χ4n) is 2.40. The van der Waals surface area contributed by atoms with E-state index in [2.05, 4.69) is 22.8 Å². The second-order valence-corrected chi connectivity index (χ2v) is 5.40. The molecule has 23 heavy (non-hydrogen) atoms. The van der Waals surface area contributed by atoms with E-state index in [-0.39, 0.29) is 6.03 Å². The Morgan fingerprint density at radius 3 is 2.39 bits per heavy atom. The number of aryl methyl sites for hydroxylation is 1. The summed E-state index contributed by atoms with van der Waals surface area (Å²) in [5.74, 6) is 0. The molecule has 0 aromatic heterocycles. The Balaban J connectivity index is 1.67. The average molecular weight is 312 g/mol. The third-order valence-corrected chi connectivity index (χ3v) is 3.63. The van der Waals surface area contributed by atoms with Gasteiger partial charge in [-0.3, -0.25) is 0 Å². The number of rotatable bonds is 8. The van der Waals surface area contributed by atoms with Gasteiger partial charge in [-0.15, -0.1) is 0 Å². The van der Waals surface area contributed by atoms with Gasteiger partial charge in [0.25, 0.3) is 0 Å². The molecule has 0 spiro atoms. The first kappa shape index (κ1) is 17.0. The number of hydrogen-bond acceptors (Lipinski definition) is 2. The van der Waals surface area contributed by atoms with Crippen molar-refractivity contribution in [2.75, 3.05) is 13.7 Å². The van der Waals surface area contributed by atoms with Crippen molar-refractivity contribution in [1.82, 2.24) is 10.6 Å². The summed E-state index contributed by atoms with van der Waals surface area (Å²) in [7, 11) is 1.67. The maximum atomic E-state index is 11.8. The van der Waals surface area contributed by atoms with Crippen LogP contribution in [0.25, 0.3) is 0 Å². The fraction of sp³-hybridized carbons (Fsp3) is 0.316. The van der Waals surface area contributed by atoms with Crippen LogP contribution < -0.4 is 10.6 Å². The average Bonchev–Trinajstić information content (AvgIpc) is 2.59. The Morgan fingerprint density at radius 1 is 0.957 bits per heavy atom. The third-order valence-electron chi connectivity index (χ3n) is 3.63. The van der Waals surface area contributed by atoms with Crippen molar-refractivity contribution >= 4 is 6.03 Å². The molecule has 4 nitrogen and oxygen atoms in total. The molecule has 0 aliphatic carbocycles. The second kappa shape index (κ2) is 9.64. The highest BCUT2D eigenvalue weighted by Gasteiger charge is 2.04. The Labute approximate surface area is 137 Å². The molecule has 0 aliphatic heterocycles. The minimum atomic E-state index is -0.134. The topological polar surface area (TPSA) is 50.4 Å². The van der Waals surface area contributed by atoms with Crippen LogP contribution in [-0.4, -0.2) is 19.7 Å². The fourth-order valence-corrected chi connectivity index (χ4v) is 2.40. The molecule has 0 saturated carbocycles. The smallest absolute Gasteiger partial charge is 0.315 e. The standard InChI is InChI=1S/C19H24N2O2/c1-23-15-18-12-6-5-11-17(18)14-21-19(22)20-13-7-10-16-8-3-2-4-9-16/h2-6,8-9,11-12H,7,10,13-15H2,1H3,(H2,20,21,22). The summed E-state index contributed by atoms with van der Waals surface area (Å²) in [5.41, 5.74) is 3.47. The quantitative estimate of drug-likeness (QED) is 0.735. The lowest BCUT2D eigenvalue weighted by Gasteiger charge is -2.11. The van der Waals surface area contributed by atoms with Crippen molar-refractivity contribution in [2.45, 2.75) is 26.0 Å². The number of hydrogen-bond donors (Lipinski definition) is 2. The zero-order valence-corrected chi connectivity index (χ0v) is 13.5. The highest BCUT2D eigenvalue weighted by Crippen LogP contribution is 2.09. The first-order chi connectivity index (χ1) is 11.3. The zero-order chi connectivity index (χ0) is 16.3. The number of urea groups is 1. The number of methoxy groups -OCH3 is 1. The van der Waals surface area contributed by atoms with E-state index in [1.807, 2.05) is 42.5 Å². The van der Waals surface area contributed by atoms with E-state index in [0.717, 1.165) is 24.0 Å². The third kappa shape index (κ3) is 6.12. The molecule has 0 fully saturated rings. The Morgan fingerprint density at radius 2 is 1.65 bits per heavy atom. The summed E-state index contributed by atoms with van der Waals surface area (Å²) < 4.78 is 5.17. The van der Waals surface area contributed by atoms with Gasteiger partial charge in [0.2, 0.25) is 0 Å². The monoisotopic (exact) mass is 312 g/mol. The molecular weight excluding hydrogens is 288 g/mol. The second-order valence-electron chi connectivity index (χ2n) is 5.40. The van der Waals surface area contributed by atoms with Crippen molar-refractivity contribution in [3.63, 3.8) is 0 Å². The van der Waals surface area contributed by atoms with E-state index in [1.165, 1.54) is 5.56 Å². The van der Waals surface area contributed by atoms with Crippen LogP contribution >= 0.6 is 0 Å². The van der Waals surface area contributed by atoms with Crippen molar-refractivity contribution in [3.05, 3.63) is 71.3 Å². The predicted octanol–water partition coefficient (Wildman–Crippen LogP) is 3.27. The highest BCUT2D eigenvalue weighted by atomic mass is 16.5. The molecule has 0 bridgehead atoms. The number of ether oxygens (including phenoxy) is 1. The molecule has 2 N–H and O–H groups in total. The number of amides is 2. The molecule has 0 atom stereocenters. The lowest BCUT2D eigenvalue weighted by molar-refractivity contribution is 0.184. The lowest BCUT2D eigenvalue weighted by atomic mass is 10.1. The Bertz CT molecular complexity index is 599. The predicted molar refractivity (Wildman–Crippen MR) is 92.2 cm³/mol. The molecule has 0 radical (unpaired) electrons. The Hall–Kier alpha value is -2.33. The lowest BCUT2D eigenvalue weighted by Crippen LogP contribution is -2.35. The van der Waals surface area contributed by atoms with Crippen LogP contribution in [0.1, 0.15) is 23.1 Å². The summed E-state index contributed by atoms with van der Waals surface area (Å²) >= 11 is 0. The summed E-state index contributed by atoms with van der Waals surface area (Å²) in [6.07, 6.45) is 1.90. The van der Waals surface area contributed by atoms with Gasteiger partial charge in [0, 0.05) is 20.2 Å². The van der Waals surface area contributed by atoms with E-state index in [1.54, 1.807) is 7.11 Å². The van der Waals surface area contributed by atoms with Crippen molar-refractivity contribution in [1.29, 1.82) is 0 Å². The van der Waals surface area contributed by atoms with Gasteiger partial charge in [0.1, 0.15) is 0 Å². The van der Waals surface area contributed by atoms with Gasteiger partial charge < -0.3 is 15.4 Å². The minimum Gasteiger partial charge on any atom is -0.380 e. The normalized spacial score (nSPS) is 10.3. The molecule has 0 saturated heterocycles.